The third-order valence-electron chi connectivity index (χ3n) is 2.65. The summed E-state index contributed by atoms with van der Waals surface area (Å²) >= 11 is 5.63. The highest BCUT2D eigenvalue weighted by Gasteiger charge is 2.64. The van der Waals surface area contributed by atoms with Crippen molar-refractivity contribution < 1.29 is 17.6 Å². The second kappa shape index (κ2) is 4.28. The van der Waals surface area contributed by atoms with Crippen molar-refractivity contribution in [2.75, 3.05) is 0 Å². The maximum absolute atomic E-state index is 14.6. The van der Waals surface area contributed by atoms with Crippen molar-refractivity contribution >= 4 is 19.7 Å². The van der Waals surface area contributed by atoms with E-state index in [9.17, 15) is 17.6 Å². The van der Waals surface area contributed by atoms with Crippen molar-refractivity contribution in [3.63, 3.8) is 0 Å². The van der Waals surface area contributed by atoms with Gasteiger partial charge in [-0.1, -0.05) is 43.4 Å². The summed E-state index contributed by atoms with van der Waals surface area (Å²) in [7, 11) is -3.16. The Labute approximate surface area is 104 Å². The number of benzene rings is 1. The minimum Gasteiger partial charge on any atom is -0.233 e. The topological polar surface area (TPSA) is 0 Å². The minimum atomic E-state index is -4.93. The summed E-state index contributed by atoms with van der Waals surface area (Å²) < 4.78 is 53.7. The monoisotopic (exact) mass is 284 g/mol. The molecule has 1 rings (SSSR count). The predicted molar refractivity (Wildman–Crippen MR) is 63.6 cm³/mol. The molecule has 0 N–H and O–H groups in total. The first-order chi connectivity index (χ1) is 7.50. The predicted octanol–water partition coefficient (Wildman–Crippen LogP) is 4.94. The molecule has 6 heteroatoms. The van der Waals surface area contributed by atoms with E-state index in [4.69, 9.17) is 11.6 Å². The van der Waals surface area contributed by atoms with Crippen molar-refractivity contribution in [2.45, 2.75) is 31.1 Å². The van der Waals surface area contributed by atoms with Gasteiger partial charge in [-0.2, -0.15) is 13.2 Å². The number of alkyl halides is 4. The molecule has 0 amide bonds. The molecule has 0 radical (unpaired) electrons. The lowest BCUT2D eigenvalue weighted by Crippen LogP contribution is -2.56. The number of rotatable bonds is 2. The quantitative estimate of drug-likeness (QED) is 0.533. The van der Waals surface area contributed by atoms with Crippen LogP contribution in [0, 0.1) is 0 Å². The Balaban J connectivity index is 3.46. The standard InChI is InChI=1S/C11H13ClF4Si/c1-17(2,3)10(13,11(14,15)16)8-5-4-6-9(12)7-8/h4-7H,1-3H3. The van der Waals surface area contributed by atoms with Gasteiger partial charge in [0.05, 0.1) is 0 Å². The molecular weight excluding hydrogens is 272 g/mol. The summed E-state index contributed by atoms with van der Waals surface area (Å²) in [5, 5.41) is -3.18. The van der Waals surface area contributed by atoms with E-state index in [2.05, 4.69) is 0 Å². The van der Waals surface area contributed by atoms with E-state index in [1.54, 1.807) is 0 Å². The van der Waals surface area contributed by atoms with E-state index in [0.29, 0.717) is 0 Å². The smallest absolute Gasteiger partial charge is 0.233 e. The van der Waals surface area contributed by atoms with Gasteiger partial charge in [0.25, 0.3) is 0 Å². The van der Waals surface area contributed by atoms with Crippen LogP contribution in [0.25, 0.3) is 0 Å². The fraction of sp³-hybridized carbons (Fsp3) is 0.455. The minimum absolute atomic E-state index is 0.104. The fourth-order valence-corrected chi connectivity index (χ4v) is 3.79. The van der Waals surface area contributed by atoms with Gasteiger partial charge >= 0.3 is 6.18 Å². The van der Waals surface area contributed by atoms with Crippen LogP contribution in [0.4, 0.5) is 17.6 Å². The highest BCUT2D eigenvalue weighted by molar-refractivity contribution is 6.78. The second-order valence-electron chi connectivity index (χ2n) is 4.92. The first kappa shape index (κ1) is 14.5. The highest BCUT2D eigenvalue weighted by Crippen LogP contribution is 2.49. The normalized spacial score (nSPS) is 16.7. The third-order valence-corrected chi connectivity index (χ3v) is 5.52. The van der Waals surface area contributed by atoms with Gasteiger partial charge in [-0.25, -0.2) is 4.39 Å². The molecule has 0 aliphatic rings. The van der Waals surface area contributed by atoms with Crippen LogP contribution >= 0.6 is 11.6 Å². The molecule has 1 aromatic rings. The Hall–Kier alpha value is -0.553. The van der Waals surface area contributed by atoms with Crippen LogP contribution in [0.1, 0.15) is 5.56 Å². The van der Waals surface area contributed by atoms with Crippen molar-refractivity contribution in [1.29, 1.82) is 0 Å². The van der Waals surface area contributed by atoms with Gasteiger partial charge in [-0.05, 0) is 17.7 Å². The zero-order valence-corrected chi connectivity index (χ0v) is 11.5. The van der Waals surface area contributed by atoms with Gasteiger partial charge in [0.2, 0.25) is 5.29 Å². The summed E-state index contributed by atoms with van der Waals surface area (Å²) in [6, 6.07) is 4.94. The van der Waals surface area contributed by atoms with Gasteiger partial charge < -0.3 is 0 Å². The second-order valence-corrected chi connectivity index (χ2v) is 10.5. The van der Waals surface area contributed by atoms with Crippen molar-refractivity contribution in [3.05, 3.63) is 34.9 Å². The molecule has 0 aliphatic carbocycles. The maximum atomic E-state index is 14.6. The first-order valence-corrected chi connectivity index (χ1v) is 8.89. The first-order valence-electron chi connectivity index (χ1n) is 5.02. The Morgan fingerprint density at radius 2 is 1.59 bits per heavy atom. The fourth-order valence-electron chi connectivity index (χ4n) is 1.72. The zero-order chi connectivity index (χ0) is 13.5. The van der Waals surface area contributed by atoms with Gasteiger partial charge in [0.15, 0.2) is 0 Å². The van der Waals surface area contributed by atoms with Crippen LogP contribution < -0.4 is 0 Å². The summed E-state index contributed by atoms with van der Waals surface area (Å²) in [6.07, 6.45) is -4.93. The lowest BCUT2D eigenvalue weighted by molar-refractivity contribution is -0.206. The Bertz CT molecular complexity index is 395. The van der Waals surface area contributed by atoms with Crippen LogP contribution in [0.2, 0.25) is 24.7 Å². The van der Waals surface area contributed by atoms with E-state index in [1.165, 1.54) is 31.8 Å². The van der Waals surface area contributed by atoms with E-state index in [-0.39, 0.29) is 5.02 Å². The molecule has 1 aromatic carbocycles. The van der Waals surface area contributed by atoms with E-state index in [0.717, 1.165) is 12.1 Å². The molecule has 0 aromatic heterocycles. The molecular formula is C11H13ClF4Si. The molecule has 0 nitrogen and oxygen atoms in total. The Kier molecular flexibility index (Phi) is 3.65. The van der Waals surface area contributed by atoms with Gasteiger partial charge in [-0.15, -0.1) is 0 Å². The lowest BCUT2D eigenvalue weighted by Gasteiger charge is -2.38. The van der Waals surface area contributed by atoms with E-state index < -0.39 is 25.1 Å². The summed E-state index contributed by atoms with van der Waals surface area (Å²) in [5.74, 6) is 0. The molecule has 96 valence electrons. The summed E-state index contributed by atoms with van der Waals surface area (Å²) in [6.45, 7) is 4.05. The Morgan fingerprint density at radius 3 is 1.94 bits per heavy atom. The van der Waals surface area contributed by atoms with Crippen molar-refractivity contribution in [3.8, 4) is 0 Å². The molecule has 0 saturated carbocycles. The molecule has 0 fully saturated rings. The van der Waals surface area contributed by atoms with Crippen LogP contribution in [0.15, 0.2) is 24.3 Å². The summed E-state index contributed by atoms with van der Waals surface area (Å²) in [5.41, 5.74) is -0.406. The molecule has 17 heavy (non-hydrogen) atoms. The molecule has 1 unspecified atom stereocenters. The highest BCUT2D eigenvalue weighted by atomic mass is 35.5. The van der Waals surface area contributed by atoms with Crippen LogP contribution in [-0.2, 0) is 5.29 Å². The molecule has 0 heterocycles. The third kappa shape index (κ3) is 2.50. The number of hydrogen-bond acceptors (Lipinski definition) is 0. The maximum Gasteiger partial charge on any atom is 0.423 e. The van der Waals surface area contributed by atoms with E-state index in [1.807, 2.05) is 0 Å². The Morgan fingerprint density at radius 1 is 1.06 bits per heavy atom. The van der Waals surface area contributed by atoms with Crippen LogP contribution in [-0.4, -0.2) is 14.3 Å². The number of hydrogen-bond donors (Lipinski definition) is 0. The van der Waals surface area contributed by atoms with Gasteiger partial charge in [0, 0.05) is 5.02 Å². The molecule has 0 spiro atoms. The van der Waals surface area contributed by atoms with Gasteiger partial charge in [-0.3, -0.25) is 0 Å². The molecule has 0 saturated heterocycles. The molecule has 0 bridgehead atoms. The van der Waals surface area contributed by atoms with Gasteiger partial charge in [0.1, 0.15) is 8.07 Å². The van der Waals surface area contributed by atoms with E-state index >= 15 is 0 Å². The average molecular weight is 285 g/mol. The number of halogens is 5. The SMILES string of the molecule is C[Si](C)(C)C(F)(c1cccc(Cl)c1)C(F)(F)F. The lowest BCUT2D eigenvalue weighted by atomic mass is 10.1. The summed E-state index contributed by atoms with van der Waals surface area (Å²) in [4.78, 5) is 0. The van der Waals surface area contributed by atoms with Crippen LogP contribution in [0.3, 0.4) is 0 Å². The van der Waals surface area contributed by atoms with Crippen molar-refractivity contribution in [1.82, 2.24) is 0 Å². The van der Waals surface area contributed by atoms with Crippen molar-refractivity contribution in [2.24, 2.45) is 0 Å². The largest absolute Gasteiger partial charge is 0.423 e. The average Bonchev–Trinajstić information content (AvgIpc) is 2.12. The molecule has 0 aliphatic heterocycles. The van der Waals surface area contributed by atoms with Crippen LogP contribution in [0.5, 0.6) is 0 Å². The zero-order valence-electron chi connectivity index (χ0n) is 9.70. The molecule has 1 atom stereocenters.